The second-order valence-electron chi connectivity index (χ2n) is 6.47. The predicted octanol–water partition coefficient (Wildman–Crippen LogP) is 3.38. The number of carbonyl (C=O) groups excluding carboxylic acids is 1. The number of hydrogen-bond acceptors (Lipinski definition) is 3. The first kappa shape index (κ1) is 19.3. The molecule has 0 heterocycles. The van der Waals surface area contributed by atoms with Crippen molar-refractivity contribution in [3.63, 3.8) is 0 Å². The van der Waals surface area contributed by atoms with E-state index in [9.17, 15) is 9.90 Å². The molecule has 0 amide bonds. The van der Waals surface area contributed by atoms with Crippen molar-refractivity contribution in [2.75, 3.05) is 12.8 Å². The van der Waals surface area contributed by atoms with E-state index in [1.807, 2.05) is 91.0 Å². The van der Waals surface area contributed by atoms with E-state index in [2.05, 4.69) is 6.92 Å². The average molecular weight is 380 g/mol. The van der Waals surface area contributed by atoms with Crippen LogP contribution < -0.4 is 15.9 Å². The minimum atomic E-state index is -3.52. The van der Waals surface area contributed by atoms with Crippen LogP contribution in [0.25, 0.3) is 0 Å². The summed E-state index contributed by atoms with van der Waals surface area (Å²) in [5, 5.41) is 12.3. The Balaban J connectivity index is 2.43. The quantitative estimate of drug-likeness (QED) is 0.640. The van der Waals surface area contributed by atoms with Gasteiger partial charge in [0.2, 0.25) is 0 Å². The predicted molar refractivity (Wildman–Crippen MR) is 113 cm³/mol. The average Bonchev–Trinajstić information content (AvgIpc) is 2.74. The summed E-state index contributed by atoms with van der Waals surface area (Å²) in [5.74, 6) is -0.381. The molecular weight excluding hydrogens is 355 g/mol. The Hall–Kier alpha value is -2.48. The van der Waals surface area contributed by atoms with Gasteiger partial charge in [-0.15, -0.1) is 0 Å². The van der Waals surface area contributed by atoms with Crippen molar-refractivity contribution in [2.24, 2.45) is 0 Å². The van der Waals surface area contributed by atoms with E-state index in [-0.39, 0.29) is 19.0 Å². The fraction of sp³-hybridized carbons (Fsp3) is 0.174. The molecule has 4 heteroatoms. The van der Waals surface area contributed by atoms with Crippen LogP contribution in [0.5, 0.6) is 0 Å². The van der Waals surface area contributed by atoms with Crippen molar-refractivity contribution in [2.45, 2.75) is 13.3 Å². The van der Waals surface area contributed by atoms with Crippen molar-refractivity contribution in [3.8, 4) is 0 Å². The van der Waals surface area contributed by atoms with Crippen LogP contribution in [0, 0.1) is 0 Å². The van der Waals surface area contributed by atoms with Gasteiger partial charge in [-0.2, -0.15) is 0 Å². The summed E-state index contributed by atoms with van der Waals surface area (Å²) in [4.78, 5) is 12.8. The molecule has 3 nitrogen and oxygen atoms in total. The monoisotopic (exact) mass is 380 g/mol. The minimum absolute atomic E-state index is 0.0234. The van der Waals surface area contributed by atoms with E-state index < -0.39 is 6.83 Å². The molecule has 0 saturated heterocycles. The molecule has 0 aliphatic rings. The maximum absolute atomic E-state index is 12.8. The Morgan fingerprint density at radius 2 is 1.15 bits per heavy atom. The zero-order chi connectivity index (χ0) is 19.2. The molecule has 0 bridgehead atoms. The van der Waals surface area contributed by atoms with Gasteiger partial charge in [-0.1, -0.05) is 0 Å². The first-order valence-corrected chi connectivity index (χ1v) is 11.5. The van der Waals surface area contributed by atoms with Crippen LogP contribution in [-0.4, -0.2) is 23.8 Å². The van der Waals surface area contributed by atoms with E-state index in [4.69, 9.17) is 4.52 Å². The van der Waals surface area contributed by atoms with Crippen LogP contribution in [0.3, 0.4) is 0 Å². The van der Waals surface area contributed by atoms with Gasteiger partial charge in [0.05, 0.1) is 0 Å². The topological polar surface area (TPSA) is 46.5 Å². The van der Waals surface area contributed by atoms with Crippen molar-refractivity contribution >= 4 is 28.7 Å². The van der Waals surface area contributed by atoms with Crippen molar-refractivity contribution < 1.29 is 14.4 Å². The third kappa shape index (κ3) is 3.18. The number of benzene rings is 3. The van der Waals surface area contributed by atoms with Crippen LogP contribution in [0.15, 0.2) is 91.0 Å². The zero-order valence-electron chi connectivity index (χ0n) is 15.5. The zero-order valence-corrected chi connectivity index (χ0v) is 16.4. The van der Waals surface area contributed by atoms with Gasteiger partial charge in [0.25, 0.3) is 0 Å². The summed E-state index contributed by atoms with van der Waals surface area (Å²) in [7, 11) is 0. The van der Waals surface area contributed by atoms with E-state index in [0.717, 1.165) is 15.9 Å². The SMILES string of the molecule is CCP(OC(=O)CCO)(c1ccccc1)(c1ccccc1)c1ccccc1. The molecule has 3 aromatic carbocycles. The van der Waals surface area contributed by atoms with Gasteiger partial charge in [0, 0.05) is 0 Å². The van der Waals surface area contributed by atoms with E-state index >= 15 is 0 Å². The fourth-order valence-electron chi connectivity index (χ4n) is 3.81. The number of rotatable bonds is 7. The Bertz CT molecular complexity index is 780. The van der Waals surface area contributed by atoms with E-state index in [0.29, 0.717) is 6.16 Å². The van der Waals surface area contributed by atoms with Gasteiger partial charge in [0.15, 0.2) is 0 Å². The molecule has 0 unspecified atom stereocenters. The molecule has 0 atom stereocenters. The van der Waals surface area contributed by atoms with Gasteiger partial charge in [-0.05, 0) is 0 Å². The molecule has 1 N–H and O–H groups in total. The second kappa shape index (κ2) is 8.04. The molecule has 3 rings (SSSR count). The first-order chi connectivity index (χ1) is 13.2. The van der Waals surface area contributed by atoms with Gasteiger partial charge in [-0.3, -0.25) is 0 Å². The van der Waals surface area contributed by atoms with Crippen LogP contribution in [-0.2, 0) is 9.32 Å². The van der Waals surface area contributed by atoms with Crippen LogP contribution in [0.2, 0.25) is 0 Å². The van der Waals surface area contributed by atoms with E-state index in [1.165, 1.54) is 0 Å². The van der Waals surface area contributed by atoms with Gasteiger partial charge in [0.1, 0.15) is 0 Å². The van der Waals surface area contributed by atoms with Gasteiger partial charge in [-0.25, -0.2) is 0 Å². The summed E-state index contributed by atoms with van der Waals surface area (Å²) in [6.45, 7) is -1.67. The Morgan fingerprint density at radius 1 is 0.778 bits per heavy atom. The molecule has 140 valence electrons. The molecule has 0 aromatic heterocycles. The Kier molecular flexibility index (Phi) is 5.74. The van der Waals surface area contributed by atoms with Crippen molar-refractivity contribution in [3.05, 3.63) is 91.0 Å². The molecule has 0 saturated carbocycles. The number of aliphatic hydroxyl groups excluding tert-OH is 1. The number of hydrogen-bond donors (Lipinski definition) is 1. The third-order valence-electron chi connectivity index (χ3n) is 5.13. The summed E-state index contributed by atoms with van der Waals surface area (Å²) in [5.41, 5.74) is 0. The van der Waals surface area contributed by atoms with Crippen LogP contribution in [0.1, 0.15) is 13.3 Å². The molecule has 0 fully saturated rings. The maximum atomic E-state index is 12.8. The van der Waals surface area contributed by atoms with E-state index in [1.54, 1.807) is 0 Å². The summed E-state index contributed by atoms with van der Waals surface area (Å²) in [6, 6.07) is 30.1. The third-order valence-corrected chi connectivity index (χ3v) is 11.1. The van der Waals surface area contributed by atoms with Crippen molar-refractivity contribution in [1.29, 1.82) is 0 Å². The molecule has 27 heavy (non-hydrogen) atoms. The first-order valence-electron chi connectivity index (χ1n) is 9.19. The second-order valence-corrected chi connectivity index (χ2v) is 11.3. The fourth-order valence-corrected chi connectivity index (χ4v) is 9.19. The summed E-state index contributed by atoms with van der Waals surface area (Å²) >= 11 is 0. The summed E-state index contributed by atoms with van der Waals surface area (Å²) in [6.07, 6.45) is 0.616. The van der Waals surface area contributed by atoms with Crippen LogP contribution >= 0.6 is 6.83 Å². The molecule has 0 spiro atoms. The van der Waals surface area contributed by atoms with Crippen molar-refractivity contribution in [1.82, 2.24) is 0 Å². The molecular formula is C23H25O3P. The molecule has 3 aromatic rings. The molecule has 0 radical (unpaired) electrons. The standard InChI is InChI=1S/C23H25O3P/c1-2-27(26-23(25)18-19-24,20-12-6-3-7-13-20,21-14-8-4-9-15-21)22-16-10-5-11-17-22/h3-17,24H,2,18-19H2,1H3. The number of aliphatic hydroxyl groups is 1. The molecule has 0 aliphatic heterocycles. The number of carbonyl (C=O) groups is 1. The Morgan fingerprint density at radius 3 is 1.44 bits per heavy atom. The van der Waals surface area contributed by atoms with Gasteiger partial charge < -0.3 is 0 Å². The molecule has 0 aliphatic carbocycles. The van der Waals surface area contributed by atoms with Gasteiger partial charge >= 0.3 is 160 Å². The summed E-state index contributed by atoms with van der Waals surface area (Å²) < 4.78 is 6.51. The normalized spacial score (nSPS) is 12.7. The Labute approximate surface area is 160 Å². The van der Waals surface area contributed by atoms with Crippen LogP contribution in [0.4, 0.5) is 0 Å².